The molecule has 9 heteroatoms. The van der Waals surface area contributed by atoms with Crippen LogP contribution in [-0.4, -0.2) is 87.5 Å². The molecule has 0 aromatic carbocycles. The number of aliphatic hydroxyl groups excluding tert-OH is 5. The highest BCUT2D eigenvalue weighted by atomic mass is 16.7. The van der Waals surface area contributed by atoms with E-state index in [4.69, 9.17) is 9.47 Å². The first-order valence-corrected chi connectivity index (χ1v) is 20.2. The zero-order chi connectivity index (χ0) is 35.2. The minimum atomic E-state index is -1.55. The quantitative estimate of drug-likeness (QED) is 0.0396. The fourth-order valence-corrected chi connectivity index (χ4v) is 6.63. The average molecular weight is 688 g/mol. The van der Waals surface area contributed by atoms with Gasteiger partial charge in [0.05, 0.1) is 25.4 Å². The first-order chi connectivity index (χ1) is 23.3. The lowest BCUT2D eigenvalue weighted by atomic mass is 9.99. The number of ether oxygens (including phenoxy) is 2. The van der Waals surface area contributed by atoms with Crippen LogP contribution in [0.2, 0.25) is 0 Å². The van der Waals surface area contributed by atoms with Crippen molar-refractivity contribution in [1.29, 1.82) is 0 Å². The highest BCUT2D eigenvalue weighted by molar-refractivity contribution is 5.76. The minimum Gasteiger partial charge on any atom is -0.394 e. The summed E-state index contributed by atoms with van der Waals surface area (Å²) in [5, 5.41) is 54.0. The van der Waals surface area contributed by atoms with E-state index in [1.165, 1.54) is 122 Å². The Morgan fingerprint density at radius 2 is 1.04 bits per heavy atom. The van der Waals surface area contributed by atoms with Crippen molar-refractivity contribution in [2.24, 2.45) is 0 Å². The molecule has 0 aromatic heterocycles. The molecular weight excluding hydrogens is 610 g/mol. The Morgan fingerprint density at radius 1 is 0.625 bits per heavy atom. The minimum absolute atomic E-state index is 0.133. The van der Waals surface area contributed by atoms with Gasteiger partial charge in [-0.1, -0.05) is 168 Å². The van der Waals surface area contributed by atoms with Crippen LogP contribution in [0.3, 0.4) is 0 Å². The molecule has 7 atom stereocenters. The van der Waals surface area contributed by atoms with E-state index in [2.05, 4.69) is 19.2 Å². The van der Waals surface area contributed by atoms with Gasteiger partial charge < -0.3 is 40.3 Å². The molecule has 0 bridgehead atoms. The molecule has 1 saturated heterocycles. The maximum Gasteiger partial charge on any atom is 0.220 e. The largest absolute Gasteiger partial charge is 0.394 e. The van der Waals surface area contributed by atoms with E-state index >= 15 is 0 Å². The lowest BCUT2D eigenvalue weighted by Crippen LogP contribution is -2.60. The van der Waals surface area contributed by atoms with Crippen molar-refractivity contribution in [2.75, 3.05) is 13.2 Å². The highest BCUT2D eigenvalue weighted by Crippen LogP contribution is 2.23. The molecule has 48 heavy (non-hydrogen) atoms. The van der Waals surface area contributed by atoms with Crippen molar-refractivity contribution in [2.45, 2.75) is 230 Å². The van der Waals surface area contributed by atoms with Gasteiger partial charge in [0.1, 0.15) is 24.4 Å². The first kappa shape index (κ1) is 45.2. The van der Waals surface area contributed by atoms with E-state index < -0.39 is 49.5 Å². The molecular formula is C39H77NO8. The Balaban J connectivity index is 2.34. The van der Waals surface area contributed by atoms with E-state index in [-0.39, 0.29) is 12.5 Å². The van der Waals surface area contributed by atoms with E-state index in [1.54, 1.807) is 0 Å². The van der Waals surface area contributed by atoms with Gasteiger partial charge >= 0.3 is 0 Å². The maximum atomic E-state index is 12.9. The smallest absolute Gasteiger partial charge is 0.220 e. The van der Waals surface area contributed by atoms with Crippen molar-refractivity contribution in [3.63, 3.8) is 0 Å². The number of unbranched alkanes of at least 4 members (excludes halogenated alkanes) is 23. The molecule has 0 saturated carbocycles. The third-order valence-corrected chi connectivity index (χ3v) is 9.96. The summed E-state index contributed by atoms with van der Waals surface area (Å²) in [5.41, 5.74) is 0. The predicted octanol–water partition coefficient (Wildman–Crippen LogP) is 7.22. The Hall–Kier alpha value is -0.810. The molecule has 1 aliphatic heterocycles. The summed E-state index contributed by atoms with van der Waals surface area (Å²) in [5.74, 6) is -0.145. The Bertz CT molecular complexity index is 726. The van der Waals surface area contributed by atoms with Crippen LogP contribution in [0.4, 0.5) is 0 Å². The zero-order valence-corrected chi connectivity index (χ0v) is 31.0. The molecule has 9 nitrogen and oxygen atoms in total. The van der Waals surface area contributed by atoms with Gasteiger partial charge in [-0.05, 0) is 12.8 Å². The van der Waals surface area contributed by atoms with Gasteiger partial charge in [0, 0.05) is 6.42 Å². The van der Waals surface area contributed by atoms with E-state index in [0.29, 0.717) is 12.8 Å². The molecule has 1 rings (SSSR count). The molecule has 6 N–H and O–H groups in total. The zero-order valence-electron chi connectivity index (χ0n) is 31.0. The standard InChI is InChI=1S/C39H77NO8/c1-3-5-7-9-11-13-14-15-16-17-18-19-21-23-25-27-29-35(43)40-32(33(42)28-26-24-22-20-12-10-8-6-4-2)31-47-39-38(46)37(45)36(44)34(30-41)48-39/h32-34,36-39,41-42,44-46H,3-31H2,1-2H3,(H,40,43). The number of carbonyl (C=O) groups excluding carboxylic acids is 1. The normalized spacial score (nSPS) is 22.5. The van der Waals surface area contributed by atoms with Gasteiger partial charge in [-0.15, -0.1) is 0 Å². The second kappa shape index (κ2) is 31.0. The van der Waals surface area contributed by atoms with Crippen molar-refractivity contribution < 1.29 is 39.8 Å². The van der Waals surface area contributed by atoms with Crippen LogP contribution in [0.15, 0.2) is 0 Å². The van der Waals surface area contributed by atoms with Crippen LogP contribution < -0.4 is 5.32 Å². The summed E-state index contributed by atoms with van der Waals surface area (Å²) in [6.07, 6.45) is 24.0. The molecule has 0 aromatic rings. The summed E-state index contributed by atoms with van der Waals surface area (Å²) >= 11 is 0. The molecule has 1 aliphatic rings. The van der Waals surface area contributed by atoms with Gasteiger partial charge in [0.15, 0.2) is 6.29 Å². The fourth-order valence-electron chi connectivity index (χ4n) is 6.63. The summed E-state index contributed by atoms with van der Waals surface area (Å²) < 4.78 is 11.2. The first-order valence-electron chi connectivity index (χ1n) is 20.2. The molecule has 1 amide bonds. The van der Waals surface area contributed by atoms with Crippen molar-refractivity contribution in [1.82, 2.24) is 5.32 Å². The van der Waals surface area contributed by atoms with E-state index in [0.717, 1.165) is 38.5 Å². The summed E-state index contributed by atoms with van der Waals surface area (Å²) in [7, 11) is 0. The van der Waals surface area contributed by atoms with Gasteiger partial charge in [-0.3, -0.25) is 4.79 Å². The molecule has 1 fully saturated rings. The fraction of sp³-hybridized carbons (Fsp3) is 0.974. The Morgan fingerprint density at radius 3 is 1.48 bits per heavy atom. The van der Waals surface area contributed by atoms with Crippen molar-refractivity contribution in [3.05, 3.63) is 0 Å². The van der Waals surface area contributed by atoms with Crippen LogP contribution >= 0.6 is 0 Å². The topological polar surface area (TPSA) is 149 Å². The molecule has 0 aliphatic carbocycles. The summed E-state index contributed by atoms with van der Waals surface area (Å²) in [6, 6.07) is -0.708. The number of amides is 1. The number of aliphatic hydroxyl groups is 5. The van der Waals surface area contributed by atoms with Crippen molar-refractivity contribution >= 4 is 5.91 Å². The Kier molecular flexibility index (Phi) is 29.2. The third-order valence-electron chi connectivity index (χ3n) is 9.96. The number of rotatable bonds is 33. The SMILES string of the molecule is CCCCCCCCCCCCCCCCCCC(=O)NC(COC1OC(CO)C(O)C(O)C1O)C(O)CCCCCCCCCCC. The monoisotopic (exact) mass is 688 g/mol. The second-order valence-corrected chi connectivity index (χ2v) is 14.4. The van der Waals surface area contributed by atoms with Crippen LogP contribution in [0.5, 0.6) is 0 Å². The second-order valence-electron chi connectivity index (χ2n) is 14.4. The number of nitrogens with one attached hydrogen (secondary N) is 1. The lowest BCUT2D eigenvalue weighted by Gasteiger charge is -2.40. The van der Waals surface area contributed by atoms with Gasteiger partial charge in [0.25, 0.3) is 0 Å². The van der Waals surface area contributed by atoms with Crippen LogP contribution in [0.1, 0.15) is 187 Å². The molecule has 7 unspecified atom stereocenters. The number of hydrogen-bond donors (Lipinski definition) is 6. The third kappa shape index (κ3) is 22.1. The molecule has 286 valence electrons. The molecule has 0 radical (unpaired) electrons. The van der Waals surface area contributed by atoms with Crippen LogP contribution in [0.25, 0.3) is 0 Å². The summed E-state index contributed by atoms with van der Waals surface area (Å²) in [4.78, 5) is 12.9. The van der Waals surface area contributed by atoms with Crippen molar-refractivity contribution in [3.8, 4) is 0 Å². The number of hydrogen-bond acceptors (Lipinski definition) is 8. The van der Waals surface area contributed by atoms with E-state index in [9.17, 15) is 30.3 Å². The molecule has 1 heterocycles. The van der Waals surface area contributed by atoms with Gasteiger partial charge in [0.2, 0.25) is 5.91 Å². The Labute approximate surface area is 294 Å². The van der Waals surface area contributed by atoms with Crippen LogP contribution in [0, 0.1) is 0 Å². The number of carbonyl (C=O) groups is 1. The van der Waals surface area contributed by atoms with Gasteiger partial charge in [-0.2, -0.15) is 0 Å². The highest BCUT2D eigenvalue weighted by Gasteiger charge is 2.44. The van der Waals surface area contributed by atoms with Crippen LogP contribution in [-0.2, 0) is 14.3 Å². The lowest BCUT2D eigenvalue weighted by molar-refractivity contribution is -0.302. The maximum absolute atomic E-state index is 12.9. The average Bonchev–Trinajstić information content (AvgIpc) is 3.08. The van der Waals surface area contributed by atoms with Gasteiger partial charge in [-0.25, -0.2) is 0 Å². The predicted molar refractivity (Wildman–Crippen MR) is 194 cm³/mol. The van der Waals surface area contributed by atoms with E-state index in [1.807, 2.05) is 0 Å². The molecule has 0 spiro atoms. The summed E-state index contributed by atoms with van der Waals surface area (Å²) in [6.45, 7) is 3.80.